The van der Waals surface area contributed by atoms with Crippen molar-refractivity contribution >= 4 is 11.9 Å². The van der Waals surface area contributed by atoms with Gasteiger partial charge in [0.05, 0.1) is 25.2 Å². The first kappa shape index (κ1) is 52.6. The Morgan fingerprint density at radius 2 is 0.907 bits per heavy atom. The van der Waals surface area contributed by atoms with Crippen LogP contribution in [-0.4, -0.2) is 46.9 Å². The third kappa shape index (κ3) is 37.5. The third-order valence-corrected chi connectivity index (χ3v) is 11.1. The molecule has 0 radical (unpaired) electrons. The molecule has 0 aromatic heterocycles. The van der Waals surface area contributed by atoms with Gasteiger partial charge >= 0.3 is 5.97 Å². The Morgan fingerprint density at radius 3 is 1.37 bits per heavy atom. The highest BCUT2D eigenvalue weighted by Crippen LogP contribution is 2.18. The van der Waals surface area contributed by atoms with Crippen LogP contribution in [0.3, 0.4) is 0 Å². The van der Waals surface area contributed by atoms with Crippen molar-refractivity contribution in [1.29, 1.82) is 0 Å². The SMILES string of the molecule is CCCC/C=C\CCCCCCCC(=O)OC(CCCCCCCCCCCCCCC)CC(=O)NC(CO)C(O)CCCCCCCCCCCCC. The molecule has 0 aliphatic carbocycles. The molecule has 0 saturated heterocycles. The van der Waals surface area contributed by atoms with Gasteiger partial charge in [-0.25, -0.2) is 0 Å². The molecule has 0 aliphatic rings. The minimum Gasteiger partial charge on any atom is -0.462 e. The lowest BCUT2D eigenvalue weighted by atomic mass is 10.0. The van der Waals surface area contributed by atoms with Crippen LogP contribution in [0.4, 0.5) is 0 Å². The van der Waals surface area contributed by atoms with Gasteiger partial charge in [-0.15, -0.1) is 0 Å². The number of hydrogen-bond acceptors (Lipinski definition) is 5. The molecule has 1 amide bonds. The number of aliphatic hydroxyl groups excluding tert-OH is 2. The van der Waals surface area contributed by atoms with E-state index in [1.165, 1.54) is 161 Å². The summed E-state index contributed by atoms with van der Waals surface area (Å²) < 4.78 is 5.91. The molecule has 0 bridgehead atoms. The van der Waals surface area contributed by atoms with Crippen LogP contribution in [0.2, 0.25) is 0 Å². The lowest BCUT2D eigenvalue weighted by molar-refractivity contribution is -0.151. The van der Waals surface area contributed by atoms with Crippen LogP contribution in [0.1, 0.15) is 258 Å². The van der Waals surface area contributed by atoms with Crippen LogP contribution in [0, 0.1) is 0 Å². The molecule has 6 nitrogen and oxygen atoms in total. The Hall–Kier alpha value is -1.40. The van der Waals surface area contributed by atoms with E-state index < -0.39 is 18.2 Å². The van der Waals surface area contributed by atoms with E-state index in [1.807, 2.05) is 0 Å². The molecule has 0 heterocycles. The van der Waals surface area contributed by atoms with Gasteiger partial charge in [0.15, 0.2) is 0 Å². The maximum Gasteiger partial charge on any atom is 0.306 e. The molecule has 0 fully saturated rings. The summed E-state index contributed by atoms with van der Waals surface area (Å²) in [5.41, 5.74) is 0. The molecule has 320 valence electrons. The second-order valence-electron chi connectivity index (χ2n) is 16.5. The van der Waals surface area contributed by atoms with E-state index in [9.17, 15) is 19.8 Å². The largest absolute Gasteiger partial charge is 0.462 e. The molecule has 6 heteroatoms. The van der Waals surface area contributed by atoms with Gasteiger partial charge in [-0.3, -0.25) is 9.59 Å². The summed E-state index contributed by atoms with van der Waals surface area (Å²) in [6.45, 7) is 6.44. The quantitative estimate of drug-likeness (QED) is 0.0326. The molecule has 3 N–H and O–H groups in total. The average Bonchev–Trinajstić information content (AvgIpc) is 3.16. The Morgan fingerprint density at radius 1 is 0.519 bits per heavy atom. The van der Waals surface area contributed by atoms with Crippen LogP contribution in [0.15, 0.2) is 12.2 Å². The second-order valence-corrected chi connectivity index (χ2v) is 16.5. The Labute approximate surface area is 336 Å². The van der Waals surface area contributed by atoms with Crippen molar-refractivity contribution in [2.45, 2.75) is 277 Å². The summed E-state index contributed by atoms with van der Waals surface area (Å²) in [5, 5.41) is 23.7. The molecule has 0 aromatic carbocycles. The minimum atomic E-state index is -0.781. The lowest BCUT2D eigenvalue weighted by Gasteiger charge is -2.24. The van der Waals surface area contributed by atoms with Gasteiger partial charge in [0, 0.05) is 6.42 Å². The standard InChI is InChI=1S/C48H93NO5/c1-4-7-10-13-16-19-22-23-26-27-30-33-36-39-44(54-48(53)41-38-35-32-29-25-21-18-15-12-9-6-3)42-47(52)49-45(43-50)46(51)40-37-34-31-28-24-20-17-14-11-8-5-2/h15,18,44-46,50-51H,4-14,16-17,19-43H2,1-3H3,(H,49,52)/b18-15-. The number of nitrogens with one attached hydrogen (secondary N) is 1. The normalized spacial score (nSPS) is 13.4. The number of aliphatic hydroxyl groups is 2. The van der Waals surface area contributed by atoms with Crippen molar-refractivity contribution in [3.63, 3.8) is 0 Å². The number of esters is 1. The number of amides is 1. The molecule has 0 rings (SSSR count). The van der Waals surface area contributed by atoms with Gasteiger partial charge in [-0.2, -0.15) is 0 Å². The average molecular weight is 764 g/mol. The van der Waals surface area contributed by atoms with E-state index in [-0.39, 0.29) is 24.9 Å². The summed E-state index contributed by atoms with van der Waals surface area (Å²) in [7, 11) is 0. The predicted octanol–water partition coefficient (Wildman–Crippen LogP) is 13.8. The number of carbonyl (C=O) groups is 2. The molecular formula is C48H93NO5. The molecule has 3 atom stereocenters. The number of hydrogen-bond donors (Lipinski definition) is 3. The second kappa shape index (κ2) is 42.7. The van der Waals surface area contributed by atoms with Gasteiger partial charge in [0.1, 0.15) is 6.10 Å². The zero-order valence-electron chi connectivity index (χ0n) is 36.4. The lowest BCUT2D eigenvalue weighted by Crippen LogP contribution is -2.46. The van der Waals surface area contributed by atoms with Crippen LogP contribution in [-0.2, 0) is 14.3 Å². The fourth-order valence-corrected chi connectivity index (χ4v) is 7.41. The predicted molar refractivity (Wildman–Crippen MR) is 232 cm³/mol. The van der Waals surface area contributed by atoms with Crippen molar-refractivity contribution in [3.05, 3.63) is 12.2 Å². The van der Waals surface area contributed by atoms with Crippen molar-refractivity contribution in [3.8, 4) is 0 Å². The summed E-state index contributed by atoms with van der Waals surface area (Å²) in [6.07, 6.45) is 45.5. The zero-order valence-corrected chi connectivity index (χ0v) is 36.4. The molecule has 0 saturated carbocycles. The fourth-order valence-electron chi connectivity index (χ4n) is 7.41. The first-order valence-corrected chi connectivity index (χ1v) is 23.9. The molecule has 3 unspecified atom stereocenters. The number of allylic oxidation sites excluding steroid dienone is 2. The van der Waals surface area contributed by atoms with E-state index >= 15 is 0 Å². The maximum absolute atomic E-state index is 13.1. The number of unbranched alkanes of at least 4 members (excludes halogenated alkanes) is 29. The zero-order chi connectivity index (χ0) is 39.6. The van der Waals surface area contributed by atoms with Gasteiger partial charge in [-0.1, -0.05) is 213 Å². The maximum atomic E-state index is 13.1. The van der Waals surface area contributed by atoms with Gasteiger partial charge in [0.25, 0.3) is 0 Å². The van der Waals surface area contributed by atoms with E-state index in [4.69, 9.17) is 4.74 Å². The minimum absolute atomic E-state index is 0.0808. The topological polar surface area (TPSA) is 95.9 Å². The van der Waals surface area contributed by atoms with Crippen LogP contribution < -0.4 is 5.32 Å². The summed E-state index contributed by atoms with van der Waals surface area (Å²) in [6, 6.07) is -0.694. The number of rotatable bonds is 43. The molecule has 0 spiro atoms. The smallest absolute Gasteiger partial charge is 0.306 e. The summed E-state index contributed by atoms with van der Waals surface area (Å²) >= 11 is 0. The van der Waals surface area contributed by atoms with Crippen molar-refractivity contribution in [1.82, 2.24) is 5.32 Å². The first-order chi connectivity index (χ1) is 26.5. The Kier molecular flexibility index (Phi) is 41.6. The van der Waals surface area contributed by atoms with Crippen LogP contribution >= 0.6 is 0 Å². The van der Waals surface area contributed by atoms with E-state index in [0.29, 0.717) is 19.3 Å². The fraction of sp³-hybridized carbons (Fsp3) is 0.917. The van der Waals surface area contributed by atoms with Crippen LogP contribution in [0.25, 0.3) is 0 Å². The highest BCUT2D eigenvalue weighted by atomic mass is 16.5. The highest BCUT2D eigenvalue weighted by molar-refractivity contribution is 5.77. The summed E-state index contributed by atoms with van der Waals surface area (Å²) in [4.78, 5) is 26.0. The third-order valence-electron chi connectivity index (χ3n) is 11.1. The number of carbonyl (C=O) groups excluding carboxylic acids is 2. The van der Waals surface area contributed by atoms with Crippen molar-refractivity contribution in [2.24, 2.45) is 0 Å². The first-order valence-electron chi connectivity index (χ1n) is 23.9. The van der Waals surface area contributed by atoms with Gasteiger partial charge < -0.3 is 20.3 Å². The monoisotopic (exact) mass is 764 g/mol. The van der Waals surface area contributed by atoms with Crippen molar-refractivity contribution in [2.75, 3.05) is 6.61 Å². The molecule has 54 heavy (non-hydrogen) atoms. The van der Waals surface area contributed by atoms with Gasteiger partial charge in [0.2, 0.25) is 5.91 Å². The van der Waals surface area contributed by atoms with Crippen LogP contribution in [0.5, 0.6) is 0 Å². The highest BCUT2D eigenvalue weighted by Gasteiger charge is 2.24. The Bertz CT molecular complexity index is 817. The molecular weight excluding hydrogens is 671 g/mol. The number of ether oxygens (including phenoxy) is 1. The van der Waals surface area contributed by atoms with E-state index in [1.54, 1.807) is 0 Å². The molecule has 0 aromatic rings. The van der Waals surface area contributed by atoms with Crippen molar-refractivity contribution < 1.29 is 24.5 Å². The Balaban J connectivity index is 4.56. The summed E-state index contributed by atoms with van der Waals surface area (Å²) in [5.74, 6) is -0.472. The van der Waals surface area contributed by atoms with E-state index in [2.05, 4.69) is 38.2 Å². The van der Waals surface area contributed by atoms with E-state index in [0.717, 1.165) is 51.4 Å². The van der Waals surface area contributed by atoms with Gasteiger partial charge in [-0.05, 0) is 44.9 Å². The molecule has 0 aliphatic heterocycles.